The highest BCUT2D eigenvalue weighted by atomic mass is 35.5. The number of halogens is 1. The smallest absolute Gasteiger partial charge is 0.178 e. The molecule has 5 heteroatoms. The van der Waals surface area contributed by atoms with Gasteiger partial charge in [0.05, 0.1) is 16.8 Å². The van der Waals surface area contributed by atoms with Crippen LogP contribution in [0, 0.1) is 6.92 Å². The van der Waals surface area contributed by atoms with E-state index in [9.17, 15) is 13.5 Å². The molecule has 0 aliphatic carbocycles. The van der Waals surface area contributed by atoms with Gasteiger partial charge in [-0.05, 0) is 43.2 Å². The lowest BCUT2D eigenvalue weighted by Crippen LogP contribution is -2.10. The quantitative estimate of drug-likeness (QED) is 0.915. The van der Waals surface area contributed by atoms with Crippen LogP contribution < -0.4 is 0 Å². The molecule has 0 amide bonds. The van der Waals surface area contributed by atoms with Crippen molar-refractivity contribution in [2.75, 3.05) is 5.75 Å². The Hall–Kier alpha value is -1.36. The van der Waals surface area contributed by atoms with E-state index in [4.69, 9.17) is 11.6 Å². The van der Waals surface area contributed by atoms with Crippen LogP contribution in [-0.2, 0) is 9.84 Å². The highest BCUT2D eigenvalue weighted by Gasteiger charge is 2.17. The molecule has 21 heavy (non-hydrogen) atoms. The number of aliphatic hydroxyl groups excluding tert-OH is 1. The first-order valence-corrected chi connectivity index (χ1v) is 8.64. The SMILES string of the molecule is Cc1ccc(S(=O)(=O)CC[C@H](O)c2ccc(Cl)cc2)cc1. The standard InChI is InChI=1S/C16H17ClO3S/c1-12-2-8-15(9-3-12)21(19,20)11-10-16(18)13-4-6-14(17)7-5-13/h2-9,16,18H,10-11H2,1H3/t16-/m0/s1. The first kappa shape index (κ1) is 16.0. The highest BCUT2D eigenvalue weighted by Crippen LogP contribution is 2.21. The molecule has 0 aliphatic heterocycles. The molecule has 0 radical (unpaired) electrons. The molecule has 0 fully saturated rings. The maximum absolute atomic E-state index is 12.2. The Kier molecular flexibility index (Phi) is 5.04. The van der Waals surface area contributed by atoms with Crippen LogP contribution in [0.2, 0.25) is 5.02 Å². The summed E-state index contributed by atoms with van der Waals surface area (Å²) >= 11 is 5.78. The molecule has 1 N–H and O–H groups in total. The molecule has 3 nitrogen and oxygen atoms in total. The number of benzene rings is 2. The molecule has 0 aliphatic rings. The van der Waals surface area contributed by atoms with Crippen LogP contribution in [0.15, 0.2) is 53.4 Å². The average Bonchev–Trinajstić information content (AvgIpc) is 2.46. The summed E-state index contributed by atoms with van der Waals surface area (Å²) < 4.78 is 24.4. The van der Waals surface area contributed by atoms with Gasteiger partial charge in [-0.1, -0.05) is 41.4 Å². The third kappa shape index (κ3) is 4.30. The van der Waals surface area contributed by atoms with Crippen LogP contribution in [0.3, 0.4) is 0 Å². The molecule has 2 rings (SSSR count). The monoisotopic (exact) mass is 324 g/mol. The van der Waals surface area contributed by atoms with Gasteiger partial charge in [-0.25, -0.2) is 8.42 Å². The zero-order chi connectivity index (χ0) is 15.5. The van der Waals surface area contributed by atoms with Gasteiger partial charge in [-0.15, -0.1) is 0 Å². The van der Waals surface area contributed by atoms with Crippen molar-refractivity contribution in [3.63, 3.8) is 0 Å². The number of hydrogen-bond donors (Lipinski definition) is 1. The van der Waals surface area contributed by atoms with Gasteiger partial charge in [0.2, 0.25) is 0 Å². The van der Waals surface area contributed by atoms with Crippen molar-refractivity contribution in [2.24, 2.45) is 0 Å². The fourth-order valence-corrected chi connectivity index (χ4v) is 3.43. The van der Waals surface area contributed by atoms with Crippen LogP contribution in [0.5, 0.6) is 0 Å². The summed E-state index contributed by atoms with van der Waals surface area (Å²) in [5.41, 5.74) is 1.67. The van der Waals surface area contributed by atoms with E-state index in [1.165, 1.54) is 0 Å². The van der Waals surface area contributed by atoms with E-state index in [-0.39, 0.29) is 17.1 Å². The Balaban J connectivity index is 2.04. The maximum atomic E-state index is 12.2. The van der Waals surface area contributed by atoms with E-state index in [0.717, 1.165) is 5.56 Å². The van der Waals surface area contributed by atoms with E-state index in [1.807, 2.05) is 6.92 Å². The Labute approximate surface area is 130 Å². The van der Waals surface area contributed by atoms with Crippen molar-refractivity contribution in [1.82, 2.24) is 0 Å². The van der Waals surface area contributed by atoms with Crippen LogP contribution in [0.25, 0.3) is 0 Å². The molecular formula is C16H17ClO3S. The summed E-state index contributed by atoms with van der Waals surface area (Å²) in [4.78, 5) is 0.288. The summed E-state index contributed by atoms with van der Waals surface area (Å²) in [6.45, 7) is 1.90. The fourth-order valence-electron chi connectivity index (χ4n) is 1.98. The average molecular weight is 325 g/mol. The minimum Gasteiger partial charge on any atom is -0.388 e. The largest absolute Gasteiger partial charge is 0.388 e. The first-order chi connectivity index (χ1) is 9.88. The fraction of sp³-hybridized carbons (Fsp3) is 0.250. The predicted molar refractivity (Wildman–Crippen MR) is 84.3 cm³/mol. The minimum atomic E-state index is -3.37. The molecule has 0 bridgehead atoms. The summed E-state index contributed by atoms with van der Waals surface area (Å²) in [6.07, 6.45) is -0.667. The molecule has 2 aromatic rings. The molecule has 112 valence electrons. The Morgan fingerprint density at radius 3 is 2.19 bits per heavy atom. The summed E-state index contributed by atoms with van der Waals surface area (Å²) in [7, 11) is -3.37. The minimum absolute atomic E-state index is 0.0974. The summed E-state index contributed by atoms with van der Waals surface area (Å²) in [5.74, 6) is -0.0974. The van der Waals surface area contributed by atoms with Crippen LogP contribution in [0.4, 0.5) is 0 Å². The van der Waals surface area contributed by atoms with Gasteiger partial charge in [0, 0.05) is 5.02 Å². The van der Waals surface area contributed by atoms with Crippen molar-refractivity contribution < 1.29 is 13.5 Å². The van der Waals surface area contributed by atoms with Crippen LogP contribution >= 0.6 is 11.6 Å². The molecule has 1 atom stereocenters. The van der Waals surface area contributed by atoms with E-state index >= 15 is 0 Å². The van der Waals surface area contributed by atoms with Crippen LogP contribution in [-0.4, -0.2) is 19.3 Å². The number of rotatable bonds is 5. The lowest BCUT2D eigenvalue weighted by atomic mass is 10.1. The van der Waals surface area contributed by atoms with Crippen molar-refractivity contribution in [1.29, 1.82) is 0 Å². The number of aryl methyl sites for hydroxylation is 1. The highest BCUT2D eigenvalue weighted by molar-refractivity contribution is 7.91. The zero-order valence-electron chi connectivity index (χ0n) is 11.7. The zero-order valence-corrected chi connectivity index (χ0v) is 13.2. The normalized spacial score (nSPS) is 13.1. The predicted octanol–water partition coefficient (Wildman–Crippen LogP) is 3.55. The van der Waals surface area contributed by atoms with Crippen molar-refractivity contribution >= 4 is 21.4 Å². The van der Waals surface area contributed by atoms with Gasteiger partial charge in [0.15, 0.2) is 9.84 Å². The topological polar surface area (TPSA) is 54.4 Å². The van der Waals surface area contributed by atoms with E-state index in [2.05, 4.69) is 0 Å². The maximum Gasteiger partial charge on any atom is 0.178 e. The molecule has 0 saturated carbocycles. The van der Waals surface area contributed by atoms with E-state index in [1.54, 1.807) is 48.5 Å². The Bertz CT molecular complexity index is 691. The van der Waals surface area contributed by atoms with Gasteiger partial charge in [0.1, 0.15) is 0 Å². The number of aliphatic hydroxyl groups is 1. The molecule has 0 heterocycles. The van der Waals surface area contributed by atoms with Crippen molar-refractivity contribution in [2.45, 2.75) is 24.3 Å². The van der Waals surface area contributed by atoms with Crippen molar-refractivity contribution in [3.05, 3.63) is 64.7 Å². The third-order valence-corrected chi connectivity index (χ3v) is 5.31. The number of hydrogen-bond acceptors (Lipinski definition) is 3. The van der Waals surface area contributed by atoms with E-state index in [0.29, 0.717) is 10.6 Å². The third-order valence-electron chi connectivity index (χ3n) is 3.29. The second-order valence-corrected chi connectivity index (χ2v) is 7.53. The Morgan fingerprint density at radius 2 is 1.62 bits per heavy atom. The molecule has 0 aromatic heterocycles. The first-order valence-electron chi connectivity index (χ1n) is 6.61. The van der Waals surface area contributed by atoms with Gasteiger partial charge in [-0.2, -0.15) is 0 Å². The molecule has 0 saturated heterocycles. The van der Waals surface area contributed by atoms with Gasteiger partial charge >= 0.3 is 0 Å². The van der Waals surface area contributed by atoms with Gasteiger partial charge in [0.25, 0.3) is 0 Å². The molecule has 0 unspecified atom stereocenters. The lowest BCUT2D eigenvalue weighted by Gasteiger charge is -2.11. The van der Waals surface area contributed by atoms with Gasteiger partial charge in [-0.3, -0.25) is 0 Å². The van der Waals surface area contributed by atoms with E-state index < -0.39 is 15.9 Å². The second kappa shape index (κ2) is 6.60. The Morgan fingerprint density at radius 1 is 1.05 bits per heavy atom. The molecule has 0 spiro atoms. The summed E-state index contributed by atoms with van der Waals surface area (Å²) in [5, 5.41) is 10.6. The second-order valence-electron chi connectivity index (χ2n) is 4.99. The van der Waals surface area contributed by atoms with Crippen molar-refractivity contribution in [3.8, 4) is 0 Å². The lowest BCUT2D eigenvalue weighted by molar-refractivity contribution is 0.174. The van der Waals surface area contributed by atoms with Gasteiger partial charge < -0.3 is 5.11 Å². The molecular weight excluding hydrogens is 308 g/mol. The summed E-state index contributed by atoms with van der Waals surface area (Å²) in [6, 6.07) is 13.5. The molecule has 2 aromatic carbocycles. The van der Waals surface area contributed by atoms with Crippen LogP contribution in [0.1, 0.15) is 23.7 Å². The number of sulfone groups is 1.